The minimum atomic E-state index is -0.274. The second-order valence-electron chi connectivity index (χ2n) is 3.86. The molecule has 0 amide bonds. The van der Waals surface area contributed by atoms with E-state index in [1.165, 1.54) is 5.56 Å². The summed E-state index contributed by atoms with van der Waals surface area (Å²) >= 11 is 0. The molecule has 2 N–H and O–H groups in total. The Hall–Kier alpha value is -0.860. The Morgan fingerprint density at radius 1 is 1.38 bits per heavy atom. The van der Waals surface area contributed by atoms with Gasteiger partial charge in [-0.25, -0.2) is 0 Å². The van der Waals surface area contributed by atoms with Gasteiger partial charge < -0.3 is 10.5 Å². The Morgan fingerprint density at radius 2 is 2.08 bits per heavy atom. The van der Waals surface area contributed by atoms with Crippen LogP contribution in [-0.4, -0.2) is 7.11 Å². The van der Waals surface area contributed by atoms with Gasteiger partial charge in [0.25, 0.3) is 0 Å². The summed E-state index contributed by atoms with van der Waals surface area (Å²) in [7, 11) is 1.69. The maximum atomic E-state index is 5.98. The molecule has 0 heterocycles. The Bertz CT molecular complexity index is 276. The summed E-state index contributed by atoms with van der Waals surface area (Å²) in [5, 5.41) is 0. The fourth-order valence-corrected chi connectivity index (χ4v) is 1.23. The molecule has 2 nitrogen and oxygen atoms in total. The summed E-state index contributed by atoms with van der Waals surface area (Å²) in [5.41, 5.74) is 8.01. The molecule has 13 heavy (non-hydrogen) atoms. The molecule has 1 aromatic rings. The Labute approximate surface area is 79.7 Å². The highest BCUT2D eigenvalue weighted by molar-refractivity contribution is 5.27. The maximum absolute atomic E-state index is 5.98. The van der Waals surface area contributed by atoms with E-state index in [1.54, 1.807) is 7.11 Å². The van der Waals surface area contributed by atoms with Crippen molar-refractivity contribution in [2.75, 3.05) is 7.11 Å². The van der Waals surface area contributed by atoms with Gasteiger partial charge in [-0.3, -0.25) is 0 Å². The molecule has 0 saturated carbocycles. The molecule has 0 spiro atoms. The summed E-state index contributed by atoms with van der Waals surface area (Å²) in [6, 6.07) is 8.18. The second-order valence-corrected chi connectivity index (χ2v) is 3.86. The third-order valence-corrected chi connectivity index (χ3v) is 1.98. The fourth-order valence-electron chi connectivity index (χ4n) is 1.23. The summed E-state index contributed by atoms with van der Waals surface area (Å²) in [6.45, 7) is 4.64. The number of rotatable bonds is 3. The number of benzene rings is 1. The van der Waals surface area contributed by atoms with Crippen molar-refractivity contribution in [2.24, 2.45) is 5.73 Å². The number of methoxy groups -OCH3 is 1. The third-order valence-electron chi connectivity index (χ3n) is 1.98. The van der Waals surface area contributed by atoms with Gasteiger partial charge in [-0.2, -0.15) is 0 Å². The highest BCUT2D eigenvalue weighted by Gasteiger charge is 2.13. The van der Waals surface area contributed by atoms with E-state index >= 15 is 0 Å². The minimum Gasteiger partial charge on any atom is -0.380 e. The summed E-state index contributed by atoms with van der Waals surface area (Å²) in [6.07, 6.45) is 0. The Balaban J connectivity index is 2.92. The lowest BCUT2D eigenvalue weighted by Crippen LogP contribution is -2.28. The molecule has 0 fully saturated rings. The monoisotopic (exact) mass is 179 g/mol. The van der Waals surface area contributed by atoms with Crippen LogP contribution >= 0.6 is 0 Å². The first-order valence-corrected chi connectivity index (χ1v) is 4.41. The van der Waals surface area contributed by atoms with Crippen molar-refractivity contribution >= 4 is 0 Å². The topological polar surface area (TPSA) is 35.2 Å². The SMILES string of the molecule is COCc1cccc(C(C)(C)N)c1. The van der Waals surface area contributed by atoms with Crippen molar-refractivity contribution in [2.45, 2.75) is 26.0 Å². The predicted octanol–water partition coefficient (Wildman–Crippen LogP) is 2.03. The molecule has 2 heteroatoms. The van der Waals surface area contributed by atoms with E-state index in [4.69, 9.17) is 10.5 Å². The van der Waals surface area contributed by atoms with Gasteiger partial charge in [0.2, 0.25) is 0 Å². The van der Waals surface area contributed by atoms with Gasteiger partial charge in [-0.1, -0.05) is 24.3 Å². The van der Waals surface area contributed by atoms with Crippen molar-refractivity contribution in [1.82, 2.24) is 0 Å². The molecular weight excluding hydrogens is 162 g/mol. The van der Waals surface area contributed by atoms with E-state index in [1.807, 2.05) is 32.0 Å². The van der Waals surface area contributed by atoms with Crippen LogP contribution in [0.25, 0.3) is 0 Å². The molecule has 0 radical (unpaired) electrons. The van der Waals surface area contributed by atoms with Crippen LogP contribution in [0.15, 0.2) is 24.3 Å². The first-order chi connectivity index (χ1) is 6.04. The van der Waals surface area contributed by atoms with Gasteiger partial charge >= 0.3 is 0 Å². The van der Waals surface area contributed by atoms with Crippen LogP contribution in [0.4, 0.5) is 0 Å². The van der Waals surface area contributed by atoms with E-state index in [2.05, 4.69) is 6.07 Å². The lowest BCUT2D eigenvalue weighted by molar-refractivity contribution is 0.184. The average molecular weight is 179 g/mol. The molecule has 1 aromatic carbocycles. The minimum absolute atomic E-state index is 0.274. The highest BCUT2D eigenvalue weighted by Crippen LogP contribution is 2.18. The predicted molar refractivity (Wildman–Crippen MR) is 54.4 cm³/mol. The molecule has 0 aromatic heterocycles. The number of ether oxygens (including phenoxy) is 1. The van der Waals surface area contributed by atoms with E-state index in [0.717, 1.165) is 5.56 Å². The molecule has 1 rings (SSSR count). The van der Waals surface area contributed by atoms with Gasteiger partial charge in [0.05, 0.1) is 6.61 Å². The number of nitrogens with two attached hydrogens (primary N) is 1. The van der Waals surface area contributed by atoms with Crippen molar-refractivity contribution in [3.8, 4) is 0 Å². The third kappa shape index (κ3) is 2.83. The van der Waals surface area contributed by atoms with Crippen molar-refractivity contribution in [1.29, 1.82) is 0 Å². The van der Waals surface area contributed by atoms with E-state index < -0.39 is 0 Å². The lowest BCUT2D eigenvalue weighted by Gasteiger charge is -2.19. The zero-order valence-electron chi connectivity index (χ0n) is 8.50. The van der Waals surface area contributed by atoms with Gasteiger partial charge in [0, 0.05) is 12.6 Å². The maximum Gasteiger partial charge on any atom is 0.0713 e. The first-order valence-electron chi connectivity index (χ1n) is 4.41. The van der Waals surface area contributed by atoms with Crippen molar-refractivity contribution in [3.63, 3.8) is 0 Å². The molecule has 72 valence electrons. The normalized spacial score (nSPS) is 11.7. The van der Waals surface area contributed by atoms with Crippen LogP contribution in [0, 0.1) is 0 Å². The van der Waals surface area contributed by atoms with Crippen LogP contribution in [0.2, 0.25) is 0 Å². The van der Waals surface area contributed by atoms with E-state index in [0.29, 0.717) is 6.61 Å². The van der Waals surface area contributed by atoms with Crippen LogP contribution in [-0.2, 0) is 16.9 Å². The fraction of sp³-hybridized carbons (Fsp3) is 0.455. The van der Waals surface area contributed by atoms with Crippen molar-refractivity contribution in [3.05, 3.63) is 35.4 Å². The van der Waals surface area contributed by atoms with Gasteiger partial charge in [0.15, 0.2) is 0 Å². The molecule has 0 unspecified atom stereocenters. The Morgan fingerprint density at radius 3 is 2.62 bits per heavy atom. The zero-order valence-corrected chi connectivity index (χ0v) is 8.50. The summed E-state index contributed by atoms with van der Waals surface area (Å²) in [4.78, 5) is 0. The molecule has 0 bridgehead atoms. The zero-order chi connectivity index (χ0) is 9.90. The first kappa shape index (κ1) is 10.2. The van der Waals surface area contributed by atoms with Crippen LogP contribution in [0.5, 0.6) is 0 Å². The molecule has 0 aliphatic rings. The average Bonchev–Trinajstić information content (AvgIpc) is 2.04. The molecule has 0 saturated heterocycles. The number of hydrogen-bond acceptors (Lipinski definition) is 2. The lowest BCUT2D eigenvalue weighted by atomic mass is 9.94. The standard InChI is InChI=1S/C11H17NO/c1-11(2,12)10-6-4-5-9(7-10)8-13-3/h4-7H,8,12H2,1-3H3. The highest BCUT2D eigenvalue weighted by atomic mass is 16.5. The summed E-state index contributed by atoms with van der Waals surface area (Å²) < 4.78 is 5.05. The second kappa shape index (κ2) is 3.90. The molecule has 0 aliphatic carbocycles. The van der Waals surface area contributed by atoms with Gasteiger partial charge in [0.1, 0.15) is 0 Å². The van der Waals surface area contributed by atoms with Crippen molar-refractivity contribution < 1.29 is 4.74 Å². The smallest absolute Gasteiger partial charge is 0.0713 e. The molecular formula is C11H17NO. The van der Waals surface area contributed by atoms with Crippen LogP contribution in [0.3, 0.4) is 0 Å². The van der Waals surface area contributed by atoms with E-state index in [-0.39, 0.29) is 5.54 Å². The molecule has 0 aliphatic heterocycles. The van der Waals surface area contributed by atoms with Crippen LogP contribution in [0.1, 0.15) is 25.0 Å². The molecule has 0 atom stereocenters. The van der Waals surface area contributed by atoms with Gasteiger partial charge in [-0.05, 0) is 25.0 Å². The van der Waals surface area contributed by atoms with Crippen LogP contribution < -0.4 is 5.73 Å². The number of hydrogen-bond donors (Lipinski definition) is 1. The van der Waals surface area contributed by atoms with Gasteiger partial charge in [-0.15, -0.1) is 0 Å². The quantitative estimate of drug-likeness (QED) is 0.770. The summed E-state index contributed by atoms with van der Waals surface area (Å²) in [5.74, 6) is 0. The Kier molecular flexibility index (Phi) is 3.07. The van der Waals surface area contributed by atoms with E-state index in [9.17, 15) is 0 Å². The largest absolute Gasteiger partial charge is 0.380 e.